The van der Waals surface area contributed by atoms with Crippen LogP contribution in [0, 0.1) is 0 Å². The standard InChI is InChI=1S/C29H32Cl2N4O3/c1-38-35-28(37)25-4-2-3-24(26(13-16-36)34-14-11-22(32)12-15-34)27(25)29(35,19-5-7-20(30)8-6-19)17-23-10-9-21(31)18-33-23/h2-10,18,22,26,36H,11-17,32H2,1H3/t26?,29-/m1/s1. The van der Waals surface area contributed by atoms with Crippen molar-refractivity contribution in [3.05, 3.63) is 98.8 Å². The smallest absolute Gasteiger partial charge is 0.279 e. The topological polar surface area (TPSA) is 91.9 Å². The van der Waals surface area contributed by atoms with E-state index in [1.165, 1.54) is 12.2 Å². The summed E-state index contributed by atoms with van der Waals surface area (Å²) in [4.78, 5) is 26.8. The van der Waals surface area contributed by atoms with Crippen LogP contribution in [0.2, 0.25) is 10.0 Å². The molecule has 38 heavy (non-hydrogen) atoms. The summed E-state index contributed by atoms with van der Waals surface area (Å²) in [6.07, 6.45) is 4.27. The SMILES string of the molecule is CON1C(=O)c2cccc(C(CCO)N3CCC(N)CC3)c2[C@@]1(Cc1ccc(Cl)cn1)c1ccc(Cl)cc1. The lowest BCUT2D eigenvalue weighted by Crippen LogP contribution is -2.47. The van der Waals surface area contributed by atoms with Crippen LogP contribution >= 0.6 is 23.2 Å². The fourth-order valence-corrected chi connectivity index (χ4v) is 6.26. The number of halogens is 2. The monoisotopic (exact) mass is 554 g/mol. The molecule has 7 nitrogen and oxygen atoms in total. The second-order valence-corrected chi connectivity index (χ2v) is 10.8. The maximum absolute atomic E-state index is 13.9. The zero-order valence-electron chi connectivity index (χ0n) is 21.3. The number of nitrogens with zero attached hydrogens (tertiary/aromatic N) is 3. The Morgan fingerprint density at radius 1 is 1.11 bits per heavy atom. The van der Waals surface area contributed by atoms with Gasteiger partial charge in [-0.1, -0.05) is 47.5 Å². The number of aliphatic hydroxyl groups excluding tert-OH is 1. The summed E-state index contributed by atoms with van der Waals surface area (Å²) in [6, 6.07) is 17.1. The van der Waals surface area contributed by atoms with Crippen LogP contribution in [0.4, 0.5) is 0 Å². The number of carbonyl (C=O) groups excluding carboxylic acids is 1. The van der Waals surface area contributed by atoms with E-state index < -0.39 is 5.54 Å². The first-order valence-electron chi connectivity index (χ1n) is 12.9. The molecule has 0 saturated carbocycles. The van der Waals surface area contributed by atoms with Crippen LogP contribution in [0.1, 0.15) is 58.0 Å². The van der Waals surface area contributed by atoms with Gasteiger partial charge in [-0.05, 0) is 60.7 Å². The Hall–Kier alpha value is -2.52. The van der Waals surface area contributed by atoms with Crippen LogP contribution in [0.25, 0.3) is 0 Å². The number of nitrogens with two attached hydrogens (primary N) is 1. The molecule has 200 valence electrons. The quantitative estimate of drug-likeness (QED) is 0.418. The number of aliphatic hydroxyl groups is 1. The molecular formula is C29H32Cl2N4O3. The summed E-state index contributed by atoms with van der Waals surface area (Å²) >= 11 is 12.4. The van der Waals surface area contributed by atoms with E-state index in [0.717, 1.165) is 48.3 Å². The zero-order chi connectivity index (χ0) is 26.9. The molecule has 2 aliphatic rings. The van der Waals surface area contributed by atoms with Crippen molar-refractivity contribution in [2.24, 2.45) is 5.73 Å². The Balaban J connectivity index is 1.75. The first-order valence-corrected chi connectivity index (χ1v) is 13.6. The number of hydroxylamine groups is 2. The van der Waals surface area contributed by atoms with Crippen molar-refractivity contribution < 1.29 is 14.7 Å². The molecule has 1 unspecified atom stereocenters. The lowest BCUT2D eigenvalue weighted by atomic mass is 9.75. The van der Waals surface area contributed by atoms with Gasteiger partial charge in [0.1, 0.15) is 5.54 Å². The molecule has 1 amide bonds. The molecule has 2 aliphatic heterocycles. The Bertz CT molecular complexity index is 1280. The van der Waals surface area contributed by atoms with E-state index in [1.54, 1.807) is 12.3 Å². The largest absolute Gasteiger partial charge is 0.396 e. The zero-order valence-corrected chi connectivity index (χ0v) is 22.8. The van der Waals surface area contributed by atoms with Crippen LogP contribution in [0.15, 0.2) is 60.8 Å². The number of hydrogen-bond donors (Lipinski definition) is 2. The first kappa shape index (κ1) is 27.1. The number of aromatic nitrogens is 1. The minimum atomic E-state index is -1.02. The third-order valence-corrected chi connectivity index (χ3v) is 8.25. The molecule has 9 heteroatoms. The molecule has 3 N–H and O–H groups in total. The van der Waals surface area contributed by atoms with E-state index in [2.05, 4.69) is 16.0 Å². The van der Waals surface area contributed by atoms with Crippen LogP contribution in [0.3, 0.4) is 0 Å². The second-order valence-electron chi connectivity index (χ2n) is 9.97. The van der Waals surface area contributed by atoms with Crippen molar-refractivity contribution in [1.82, 2.24) is 14.9 Å². The lowest BCUT2D eigenvalue weighted by Gasteiger charge is -2.42. The van der Waals surface area contributed by atoms with Gasteiger partial charge in [-0.2, -0.15) is 0 Å². The maximum atomic E-state index is 13.9. The molecule has 0 bridgehead atoms. The molecule has 0 aliphatic carbocycles. The molecular weight excluding hydrogens is 523 g/mol. The van der Waals surface area contributed by atoms with Gasteiger partial charge in [0, 0.05) is 66.2 Å². The fraction of sp³-hybridized carbons (Fsp3) is 0.379. The highest BCUT2D eigenvalue weighted by molar-refractivity contribution is 6.30. The summed E-state index contributed by atoms with van der Waals surface area (Å²) < 4.78 is 0. The van der Waals surface area contributed by atoms with Crippen molar-refractivity contribution in [3.8, 4) is 0 Å². The number of rotatable bonds is 8. The van der Waals surface area contributed by atoms with E-state index in [1.807, 2.05) is 42.5 Å². The predicted octanol–water partition coefficient (Wildman–Crippen LogP) is 4.74. The number of likely N-dealkylation sites (tertiary alicyclic amines) is 1. The lowest BCUT2D eigenvalue weighted by molar-refractivity contribution is -0.146. The molecule has 0 radical (unpaired) electrons. The van der Waals surface area contributed by atoms with Gasteiger partial charge in [0.2, 0.25) is 0 Å². The van der Waals surface area contributed by atoms with Gasteiger partial charge in [-0.3, -0.25) is 19.5 Å². The van der Waals surface area contributed by atoms with Gasteiger partial charge < -0.3 is 10.8 Å². The predicted molar refractivity (Wildman–Crippen MR) is 148 cm³/mol. The van der Waals surface area contributed by atoms with Gasteiger partial charge in [0.15, 0.2) is 0 Å². The third-order valence-electron chi connectivity index (χ3n) is 7.78. The molecule has 3 heterocycles. The van der Waals surface area contributed by atoms with E-state index in [-0.39, 0.29) is 24.6 Å². The summed E-state index contributed by atoms with van der Waals surface area (Å²) in [6.45, 7) is 1.67. The molecule has 3 aromatic rings. The number of carbonyl (C=O) groups is 1. The van der Waals surface area contributed by atoms with Crippen LogP contribution in [-0.2, 0) is 16.8 Å². The Kier molecular flexibility index (Phi) is 8.05. The van der Waals surface area contributed by atoms with Gasteiger partial charge in [-0.15, -0.1) is 0 Å². The average molecular weight is 556 g/mol. The van der Waals surface area contributed by atoms with Crippen molar-refractivity contribution in [3.63, 3.8) is 0 Å². The van der Waals surface area contributed by atoms with Crippen LogP contribution < -0.4 is 5.73 Å². The minimum absolute atomic E-state index is 0.0194. The molecule has 1 aromatic heterocycles. The van der Waals surface area contributed by atoms with E-state index in [9.17, 15) is 9.90 Å². The molecule has 2 atom stereocenters. The van der Waals surface area contributed by atoms with E-state index in [0.29, 0.717) is 28.5 Å². The summed E-state index contributed by atoms with van der Waals surface area (Å²) in [5.41, 5.74) is 9.22. The highest BCUT2D eigenvalue weighted by Gasteiger charge is 2.54. The van der Waals surface area contributed by atoms with Crippen molar-refractivity contribution in [2.45, 2.75) is 43.3 Å². The van der Waals surface area contributed by atoms with Crippen LogP contribution in [0.5, 0.6) is 0 Å². The molecule has 1 saturated heterocycles. The minimum Gasteiger partial charge on any atom is -0.396 e. The first-order chi connectivity index (χ1) is 18.4. The molecule has 5 rings (SSSR count). The summed E-state index contributed by atoms with van der Waals surface area (Å²) in [5, 5.41) is 12.7. The third kappa shape index (κ3) is 4.83. The fourth-order valence-electron chi connectivity index (χ4n) is 6.02. The highest BCUT2D eigenvalue weighted by Crippen LogP contribution is 2.50. The number of fused-ring (bicyclic) bond motifs is 1. The molecule has 0 spiro atoms. The number of amides is 1. The van der Waals surface area contributed by atoms with Gasteiger partial charge >= 0.3 is 0 Å². The molecule has 2 aromatic carbocycles. The Morgan fingerprint density at radius 2 is 1.82 bits per heavy atom. The maximum Gasteiger partial charge on any atom is 0.279 e. The second kappa shape index (κ2) is 11.3. The number of piperidine rings is 1. The molecule has 1 fully saturated rings. The van der Waals surface area contributed by atoms with Gasteiger partial charge in [0.25, 0.3) is 5.91 Å². The van der Waals surface area contributed by atoms with Gasteiger partial charge in [0.05, 0.1) is 12.1 Å². The Labute approximate surface area is 233 Å². The van der Waals surface area contributed by atoms with Crippen molar-refractivity contribution >= 4 is 29.1 Å². The average Bonchev–Trinajstić information content (AvgIpc) is 3.17. The van der Waals surface area contributed by atoms with E-state index >= 15 is 0 Å². The Morgan fingerprint density at radius 3 is 2.45 bits per heavy atom. The van der Waals surface area contributed by atoms with Crippen molar-refractivity contribution in [1.29, 1.82) is 0 Å². The number of hydrogen-bond acceptors (Lipinski definition) is 6. The summed E-state index contributed by atoms with van der Waals surface area (Å²) in [5.74, 6) is -0.225. The highest BCUT2D eigenvalue weighted by atomic mass is 35.5. The van der Waals surface area contributed by atoms with Gasteiger partial charge in [-0.25, -0.2) is 5.06 Å². The van der Waals surface area contributed by atoms with E-state index in [4.69, 9.17) is 33.8 Å². The van der Waals surface area contributed by atoms with Crippen LogP contribution in [-0.4, -0.2) is 58.8 Å². The number of benzene rings is 2. The van der Waals surface area contributed by atoms with Crippen molar-refractivity contribution in [2.75, 3.05) is 26.8 Å². The normalized spacial score (nSPS) is 21.1. The summed E-state index contributed by atoms with van der Waals surface area (Å²) in [7, 11) is 1.51. The number of pyridine rings is 1.